The molecule has 0 radical (unpaired) electrons. The van der Waals surface area contributed by atoms with Gasteiger partial charge in [-0.15, -0.1) is 11.3 Å². The summed E-state index contributed by atoms with van der Waals surface area (Å²) < 4.78 is 1.65. The highest BCUT2D eigenvalue weighted by molar-refractivity contribution is 7.73. The zero-order chi connectivity index (χ0) is 17.4. The standard InChI is InChI=1S/C17H16N2O3S2/c1-9(2)14(16(21)22)19-15(20)13(24-17(19)23)7-10-8-18-12-6-4-3-5-11(10)12/h3-9,14,20H,1-2H3,(H,21,22)/t14-/m0/s1. The average Bonchev–Trinajstić information content (AvgIpc) is 3.04. The van der Waals surface area contributed by atoms with Gasteiger partial charge in [0.2, 0.25) is 5.88 Å². The van der Waals surface area contributed by atoms with Crippen LogP contribution in [-0.4, -0.2) is 27.0 Å². The van der Waals surface area contributed by atoms with Crippen LogP contribution >= 0.6 is 23.6 Å². The summed E-state index contributed by atoms with van der Waals surface area (Å²) in [7, 11) is 0. The Labute approximate surface area is 148 Å². The highest BCUT2D eigenvalue weighted by Gasteiger charge is 2.28. The Balaban J connectivity index is 2.08. The van der Waals surface area contributed by atoms with Gasteiger partial charge in [-0.1, -0.05) is 32.0 Å². The molecule has 0 fully saturated rings. The van der Waals surface area contributed by atoms with Gasteiger partial charge < -0.3 is 10.2 Å². The van der Waals surface area contributed by atoms with Crippen molar-refractivity contribution >= 4 is 53.1 Å². The monoisotopic (exact) mass is 360 g/mol. The van der Waals surface area contributed by atoms with Crippen molar-refractivity contribution < 1.29 is 15.0 Å². The summed E-state index contributed by atoms with van der Waals surface area (Å²) in [5, 5.41) is 20.0. The molecule has 0 spiro atoms. The highest BCUT2D eigenvalue weighted by Crippen LogP contribution is 2.37. The lowest BCUT2D eigenvalue weighted by molar-refractivity contribution is -0.142. The van der Waals surface area contributed by atoms with Crippen molar-refractivity contribution in [2.45, 2.75) is 19.9 Å². The summed E-state index contributed by atoms with van der Waals surface area (Å²) >= 11 is 6.48. The number of aliphatic carboxylic acids is 1. The van der Waals surface area contributed by atoms with E-state index in [1.165, 1.54) is 15.9 Å². The summed E-state index contributed by atoms with van der Waals surface area (Å²) in [4.78, 5) is 16.4. The molecule has 0 bridgehead atoms. The number of aliphatic imine (C=N–C) groups is 1. The van der Waals surface area contributed by atoms with Gasteiger partial charge in [0.25, 0.3) is 0 Å². The minimum Gasteiger partial charge on any atom is -0.493 e. The topological polar surface area (TPSA) is 74.8 Å². The Morgan fingerprint density at radius 1 is 1.38 bits per heavy atom. The lowest BCUT2D eigenvalue weighted by Gasteiger charge is -2.18. The van der Waals surface area contributed by atoms with Gasteiger partial charge in [-0.3, -0.25) is 9.56 Å². The largest absolute Gasteiger partial charge is 0.493 e. The Bertz CT molecular complexity index is 922. The maximum Gasteiger partial charge on any atom is 0.327 e. The second-order valence-electron chi connectivity index (χ2n) is 5.83. The molecule has 0 unspecified atom stereocenters. The van der Waals surface area contributed by atoms with Crippen LogP contribution in [0.25, 0.3) is 11.6 Å². The van der Waals surface area contributed by atoms with Crippen LogP contribution < -0.4 is 0 Å². The van der Waals surface area contributed by atoms with E-state index in [1.54, 1.807) is 26.1 Å². The van der Waals surface area contributed by atoms with Crippen molar-refractivity contribution in [1.29, 1.82) is 0 Å². The van der Waals surface area contributed by atoms with Crippen molar-refractivity contribution in [3.8, 4) is 5.88 Å². The molecular formula is C17H16N2O3S2. The fourth-order valence-corrected chi connectivity index (χ4v) is 4.05. The van der Waals surface area contributed by atoms with E-state index >= 15 is 0 Å². The first-order valence-electron chi connectivity index (χ1n) is 7.42. The summed E-state index contributed by atoms with van der Waals surface area (Å²) in [5.74, 6) is -1.33. The van der Waals surface area contributed by atoms with Crippen molar-refractivity contribution in [3.05, 3.63) is 38.7 Å². The molecule has 7 heteroatoms. The van der Waals surface area contributed by atoms with Crippen LogP contribution in [0.1, 0.15) is 30.3 Å². The molecule has 5 nitrogen and oxygen atoms in total. The molecule has 2 heterocycles. The molecule has 1 aromatic heterocycles. The molecule has 2 aromatic rings. The van der Waals surface area contributed by atoms with Crippen LogP contribution in [0, 0.1) is 9.87 Å². The Hall–Kier alpha value is -2.25. The number of para-hydroxylation sites is 1. The van der Waals surface area contributed by atoms with Gasteiger partial charge in [0.05, 0.1) is 10.6 Å². The van der Waals surface area contributed by atoms with E-state index < -0.39 is 12.0 Å². The maximum absolute atomic E-state index is 11.6. The molecule has 0 saturated carbocycles. The Kier molecular flexibility index (Phi) is 4.38. The molecule has 0 saturated heterocycles. The molecular weight excluding hydrogens is 344 g/mol. The number of aromatic nitrogens is 1. The van der Waals surface area contributed by atoms with Crippen LogP contribution in [0.5, 0.6) is 5.88 Å². The van der Waals surface area contributed by atoms with Crippen molar-refractivity contribution in [2.24, 2.45) is 10.9 Å². The Morgan fingerprint density at radius 3 is 2.75 bits per heavy atom. The number of benzene rings is 1. The van der Waals surface area contributed by atoms with E-state index in [4.69, 9.17) is 12.2 Å². The number of carboxylic acids is 1. The Morgan fingerprint density at radius 2 is 2.08 bits per heavy atom. The maximum atomic E-state index is 11.6. The molecule has 1 aliphatic rings. The first-order valence-corrected chi connectivity index (χ1v) is 8.65. The summed E-state index contributed by atoms with van der Waals surface area (Å²) in [6, 6.07) is 6.81. The minimum absolute atomic E-state index is 0.114. The van der Waals surface area contributed by atoms with E-state index in [0.717, 1.165) is 16.8 Å². The second-order valence-corrected chi connectivity index (χ2v) is 7.50. The van der Waals surface area contributed by atoms with Crippen LogP contribution in [0.15, 0.2) is 29.3 Å². The molecule has 3 rings (SSSR count). The van der Waals surface area contributed by atoms with Gasteiger partial charge in [-0.25, -0.2) is 4.79 Å². The summed E-state index contributed by atoms with van der Waals surface area (Å²) in [5.41, 5.74) is 2.71. The predicted molar refractivity (Wildman–Crippen MR) is 98.8 cm³/mol. The number of hydrogen-bond acceptors (Lipinski definition) is 5. The number of allylic oxidation sites excluding steroid dienone is 1. The van der Waals surface area contributed by atoms with Crippen LogP contribution in [0.3, 0.4) is 0 Å². The molecule has 0 amide bonds. The number of hydrogen-bond donors (Lipinski definition) is 2. The first kappa shape index (κ1) is 16.6. The van der Waals surface area contributed by atoms with E-state index in [9.17, 15) is 15.0 Å². The number of aromatic hydroxyl groups is 1. The van der Waals surface area contributed by atoms with Crippen LogP contribution in [-0.2, 0) is 4.79 Å². The number of nitrogens with zero attached hydrogens (tertiary/aromatic N) is 2. The van der Waals surface area contributed by atoms with Crippen molar-refractivity contribution in [2.75, 3.05) is 0 Å². The molecule has 124 valence electrons. The fourth-order valence-electron chi connectivity index (χ4n) is 2.72. The smallest absolute Gasteiger partial charge is 0.327 e. The molecule has 2 N–H and O–H groups in total. The zero-order valence-electron chi connectivity index (χ0n) is 13.1. The van der Waals surface area contributed by atoms with Gasteiger partial charge in [0.1, 0.15) is 6.04 Å². The van der Waals surface area contributed by atoms with Crippen molar-refractivity contribution in [3.63, 3.8) is 0 Å². The third-order valence-electron chi connectivity index (χ3n) is 3.85. The lowest BCUT2D eigenvalue weighted by Crippen LogP contribution is -2.23. The van der Waals surface area contributed by atoms with Gasteiger partial charge in [0.15, 0.2) is 3.95 Å². The second kappa shape index (κ2) is 6.33. The van der Waals surface area contributed by atoms with Crippen LogP contribution in [0.2, 0.25) is 0 Å². The SMILES string of the molecule is CC(C)[C@@H](C(=O)O)n1c(O)c(C=C2C=Nc3ccccc32)sc1=S. The molecule has 24 heavy (non-hydrogen) atoms. The fraction of sp³-hybridized carbons (Fsp3) is 0.235. The van der Waals surface area contributed by atoms with Gasteiger partial charge in [0, 0.05) is 17.4 Å². The van der Waals surface area contributed by atoms with Crippen LogP contribution in [0.4, 0.5) is 5.69 Å². The minimum atomic E-state index is -1.01. The number of rotatable bonds is 4. The predicted octanol–water partition coefficient (Wildman–Crippen LogP) is 4.52. The number of fused-ring (bicyclic) bond motifs is 1. The molecule has 1 atom stereocenters. The normalized spacial score (nSPS) is 15.9. The molecule has 0 aliphatic carbocycles. The first-order chi connectivity index (χ1) is 11.4. The van der Waals surface area contributed by atoms with Gasteiger partial charge in [-0.2, -0.15) is 0 Å². The average molecular weight is 360 g/mol. The van der Waals surface area contributed by atoms with E-state index in [-0.39, 0.29) is 11.8 Å². The van der Waals surface area contributed by atoms with E-state index in [1.807, 2.05) is 24.3 Å². The number of thiazole rings is 1. The van der Waals surface area contributed by atoms with Gasteiger partial charge in [-0.05, 0) is 30.3 Å². The quantitative estimate of drug-likeness (QED) is 0.786. The molecule has 1 aliphatic heterocycles. The lowest BCUT2D eigenvalue weighted by atomic mass is 10.0. The van der Waals surface area contributed by atoms with E-state index in [2.05, 4.69) is 4.99 Å². The van der Waals surface area contributed by atoms with Gasteiger partial charge >= 0.3 is 5.97 Å². The highest BCUT2D eigenvalue weighted by atomic mass is 32.1. The number of carboxylic acid groups (broad SMARTS) is 1. The third kappa shape index (κ3) is 2.81. The number of carbonyl (C=O) groups is 1. The summed E-state index contributed by atoms with van der Waals surface area (Å²) in [6.07, 6.45) is 3.52. The van der Waals surface area contributed by atoms with E-state index in [0.29, 0.717) is 8.83 Å². The van der Waals surface area contributed by atoms with Crippen molar-refractivity contribution in [1.82, 2.24) is 4.57 Å². The summed E-state index contributed by atoms with van der Waals surface area (Å²) in [6.45, 7) is 3.57. The molecule has 1 aromatic carbocycles. The zero-order valence-corrected chi connectivity index (χ0v) is 14.8. The third-order valence-corrected chi connectivity index (χ3v) is 5.19.